The predicted molar refractivity (Wildman–Crippen MR) is 80.7 cm³/mol. The van der Waals surface area contributed by atoms with Gasteiger partial charge >= 0.3 is 5.97 Å². The van der Waals surface area contributed by atoms with Gasteiger partial charge in [0.25, 0.3) is 0 Å². The number of anilines is 1. The Hall–Kier alpha value is -2.29. The van der Waals surface area contributed by atoms with Crippen LogP contribution in [0, 0.1) is 5.92 Å². The molecule has 0 saturated carbocycles. The average molecular weight is 269 g/mol. The van der Waals surface area contributed by atoms with Crippen molar-refractivity contribution in [3.63, 3.8) is 0 Å². The normalized spacial score (nSPS) is 10.3. The van der Waals surface area contributed by atoms with Crippen LogP contribution in [-0.4, -0.2) is 5.97 Å². The Labute approximate surface area is 119 Å². The maximum Gasteiger partial charge on any atom is 0.313 e. The Morgan fingerprint density at radius 1 is 1.10 bits per heavy atom. The van der Waals surface area contributed by atoms with E-state index >= 15 is 0 Å². The molecule has 0 aliphatic carbocycles. The molecule has 0 bridgehead atoms. The molecule has 0 aromatic heterocycles. The first-order valence-electron chi connectivity index (χ1n) is 6.74. The number of hydrogen-bond donors (Lipinski definition) is 1. The van der Waals surface area contributed by atoms with Gasteiger partial charge in [-0.3, -0.25) is 4.79 Å². The van der Waals surface area contributed by atoms with E-state index in [4.69, 9.17) is 4.74 Å². The summed E-state index contributed by atoms with van der Waals surface area (Å²) in [7, 11) is 0. The zero-order valence-electron chi connectivity index (χ0n) is 11.8. The van der Waals surface area contributed by atoms with E-state index in [0.29, 0.717) is 5.75 Å². The second kappa shape index (κ2) is 6.75. The molecule has 1 N–H and O–H groups in total. The summed E-state index contributed by atoms with van der Waals surface area (Å²) in [6.45, 7) is 4.38. The fourth-order valence-corrected chi connectivity index (χ4v) is 1.70. The topological polar surface area (TPSA) is 38.3 Å². The molecule has 2 aromatic carbocycles. The third-order valence-corrected chi connectivity index (χ3v) is 2.86. The van der Waals surface area contributed by atoms with E-state index in [2.05, 4.69) is 17.4 Å². The molecule has 0 aliphatic rings. The lowest BCUT2D eigenvalue weighted by Gasteiger charge is -2.10. The van der Waals surface area contributed by atoms with Crippen LogP contribution in [0.25, 0.3) is 0 Å². The molecule has 0 fully saturated rings. The van der Waals surface area contributed by atoms with Crippen molar-refractivity contribution in [1.29, 1.82) is 0 Å². The molecule has 0 unspecified atom stereocenters. The van der Waals surface area contributed by atoms with Gasteiger partial charge in [0, 0.05) is 18.3 Å². The average Bonchev–Trinajstić information content (AvgIpc) is 2.46. The van der Waals surface area contributed by atoms with E-state index in [0.717, 1.165) is 12.2 Å². The van der Waals surface area contributed by atoms with Gasteiger partial charge in [-0.1, -0.05) is 50.2 Å². The fraction of sp³-hybridized carbons (Fsp3) is 0.235. The lowest BCUT2D eigenvalue weighted by atomic mass is 10.2. The molecule has 0 radical (unpaired) electrons. The van der Waals surface area contributed by atoms with Crippen molar-refractivity contribution in [2.75, 3.05) is 5.32 Å². The van der Waals surface area contributed by atoms with Crippen LogP contribution in [-0.2, 0) is 11.3 Å². The third kappa shape index (κ3) is 4.12. The summed E-state index contributed by atoms with van der Waals surface area (Å²) in [5.41, 5.74) is 2.14. The predicted octanol–water partition coefficient (Wildman–Crippen LogP) is 3.86. The van der Waals surface area contributed by atoms with Gasteiger partial charge in [0.05, 0.1) is 5.92 Å². The fourth-order valence-electron chi connectivity index (χ4n) is 1.70. The largest absolute Gasteiger partial charge is 0.426 e. The van der Waals surface area contributed by atoms with Crippen LogP contribution >= 0.6 is 0 Å². The lowest BCUT2D eigenvalue weighted by molar-refractivity contribution is -0.137. The molecule has 20 heavy (non-hydrogen) atoms. The molecule has 3 heteroatoms. The number of hydrogen-bond acceptors (Lipinski definition) is 3. The van der Waals surface area contributed by atoms with E-state index < -0.39 is 0 Å². The number of ether oxygens (including phenoxy) is 1. The minimum atomic E-state index is -0.217. The zero-order chi connectivity index (χ0) is 14.4. The van der Waals surface area contributed by atoms with Gasteiger partial charge in [-0.05, 0) is 17.7 Å². The number of benzene rings is 2. The first-order valence-corrected chi connectivity index (χ1v) is 6.74. The summed E-state index contributed by atoms with van der Waals surface area (Å²) in [4.78, 5) is 11.6. The highest BCUT2D eigenvalue weighted by molar-refractivity contribution is 5.74. The van der Waals surface area contributed by atoms with Gasteiger partial charge in [0.2, 0.25) is 0 Å². The van der Waals surface area contributed by atoms with Crippen LogP contribution < -0.4 is 10.1 Å². The Morgan fingerprint density at radius 2 is 1.85 bits per heavy atom. The van der Waals surface area contributed by atoms with E-state index in [1.165, 1.54) is 5.56 Å². The maximum absolute atomic E-state index is 11.6. The highest BCUT2D eigenvalue weighted by Crippen LogP contribution is 2.19. The Morgan fingerprint density at radius 3 is 2.55 bits per heavy atom. The van der Waals surface area contributed by atoms with Crippen molar-refractivity contribution in [3.05, 3.63) is 60.2 Å². The minimum absolute atomic E-state index is 0.129. The molecule has 2 rings (SSSR count). The smallest absolute Gasteiger partial charge is 0.313 e. The van der Waals surface area contributed by atoms with Crippen molar-refractivity contribution >= 4 is 11.7 Å². The van der Waals surface area contributed by atoms with Gasteiger partial charge in [0.15, 0.2) is 0 Å². The number of esters is 1. The summed E-state index contributed by atoms with van der Waals surface area (Å²) < 4.78 is 5.29. The van der Waals surface area contributed by atoms with Gasteiger partial charge in [-0.15, -0.1) is 0 Å². The molecule has 0 spiro atoms. The monoisotopic (exact) mass is 269 g/mol. The van der Waals surface area contributed by atoms with Gasteiger partial charge in [-0.25, -0.2) is 0 Å². The highest BCUT2D eigenvalue weighted by Gasteiger charge is 2.09. The molecule has 0 atom stereocenters. The zero-order valence-corrected chi connectivity index (χ0v) is 11.8. The van der Waals surface area contributed by atoms with Crippen molar-refractivity contribution < 1.29 is 9.53 Å². The van der Waals surface area contributed by atoms with Crippen LogP contribution in [0.4, 0.5) is 5.69 Å². The quantitative estimate of drug-likeness (QED) is 0.661. The van der Waals surface area contributed by atoms with Crippen molar-refractivity contribution in [3.8, 4) is 5.75 Å². The van der Waals surface area contributed by atoms with Crippen molar-refractivity contribution in [2.45, 2.75) is 20.4 Å². The maximum atomic E-state index is 11.6. The SMILES string of the molecule is CC(C)C(=O)Oc1cccc(NCc2ccccc2)c1. The van der Waals surface area contributed by atoms with Crippen molar-refractivity contribution in [1.82, 2.24) is 0 Å². The Balaban J connectivity index is 1.97. The highest BCUT2D eigenvalue weighted by atomic mass is 16.5. The van der Waals surface area contributed by atoms with Crippen LogP contribution in [0.15, 0.2) is 54.6 Å². The van der Waals surface area contributed by atoms with E-state index in [1.807, 2.05) is 50.2 Å². The number of nitrogens with one attached hydrogen (secondary N) is 1. The number of carbonyl (C=O) groups excluding carboxylic acids is 1. The van der Waals surface area contributed by atoms with Gasteiger partial charge in [-0.2, -0.15) is 0 Å². The minimum Gasteiger partial charge on any atom is -0.426 e. The summed E-state index contributed by atoms with van der Waals surface area (Å²) in [6, 6.07) is 17.6. The van der Waals surface area contributed by atoms with E-state index in [9.17, 15) is 4.79 Å². The molecule has 0 heterocycles. The summed E-state index contributed by atoms with van der Waals surface area (Å²) in [6.07, 6.45) is 0. The molecule has 3 nitrogen and oxygen atoms in total. The summed E-state index contributed by atoms with van der Waals surface area (Å²) in [5, 5.41) is 3.31. The van der Waals surface area contributed by atoms with Crippen LogP contribution in [0.5, 0.6) is 5.75 Å². The summed E-state index contributed by atoms with van der Waals surface area (Å²) >= 11 is 0. The van der Waals surface area contributed by atoms with Crippen LogP contribution in [0.3, 0.4) is 0 Å². The molecular formula is C17H19NO2. The Kier molecular flexibility index (Phi) is 4.77. The molecule has 0 saturated heterocycles. The standard InChI is InChI=1S/C17H19NO2/c1-13(2)17(19)20-16-10-6-9-15(11-16)18-12-14-7-4-3-5-8-14/h3-11,13,18H,12H2,1-2H3. The number of carbonyl (C=O) groups is 1. The third-order valence-electron chi connectivity index (χ3n) is 2.86. The van der Waals surface area contributed by atoms with Crippen molar-refractivity contribution in [2.24, 2.45) is 5.92 Å². The van der Waals surface area contributed by atoms with Gasteiger partial charge < -0.3 is 10.1 Å². The first kappa shape index (κ1) is 14.1. The molecule has 0 aliphatic heterocycles. The van der Waals surface area contributed by atoms with E-state index in [1.54, 1.807) is 6.07 Å². The van der Waals surface area contributed by atoms with Gasteiger partial charge in [0.1, 0.15) is 5.75 Å². The van der Waals surface area contributed by atoms with E-state index in [-0.39, 0.29) is 11.9 Å². The number of rotatable bonds is 5. The molecule has 2 aromatic rings. The second-order valence-corrected chi connectivity index (χ2v) is 4.94. The van der Waals surface area contributed by atoms with Crippen LogP contribution in [0.2, 0.25) is 0 Å². The molecule has 104 valence electrons. The lowest BCUT2D eigenvalue weighted by Crippen LogP contribution is -2.14. The molecule has 0 amide bonds. The Bertz CT molecular complexity index is 564. The first-order chi connectivity index (χ1) is 9.65. The molecular weight excluding hydrogens is 250 g/mol. The second-order valence-electron chi connectivity index (χ2n) is 4.94. The van der Waals surface area contributed by atoms with Crippen LogP contribution in [0.1, 0.15) is 19.4 Å². The summed E-state index contributed by atoms with van der Waals surface area (Å²) in [5.74, 6) is 0.225.